The molecule has 0 saturated heterocycles. The maximum Gasteiger partial charge on any atom is -0.0131 e. The van der Waals surface area contributed by atoms with Gasteiger partial charge in [0.15, 0.2) is 0 Å². The maximum atomic E-state index is 4.13. The van der Waals surface area contributed by atoms with Crippen LogP contribution in [-0.2, 0) is 0 Å². The van der Waals surface area contributed by atoms with Crippen LogP contribution >= 0.6 is 0 Å². The number of hydrogen-bond acceptors (Lipinski definition) is 0. The quantitative estimate of drug-likeness (QED) is 0.539. The van der Waals surface area contributed by atoms with Gasteiger partial charge in [-0.3, -0.25) is 0 Å². The van der Waals surface area contributed by atoms with Crippen molar-refractivity contribution >= 4 is 0 Å². The highest BCUT2D eigenvalue weighted by Gasteiger charge is 2.26. The fraction of sp³-hybridized carbons (Fsp3) is 0.571. The van der Waals surface area contributed by atoms with Crippen molar-refractivity contribution in [3.63, 3.8) is 0 Å². The van der Waals surface area contributed by atoms with E-state index in [1.165, 1.54) is 37.7 Å². The van der Waals surface area contributed by atoms with E-state index in [-0.39, 0.29) is 0 Å². The third-order valence-corrected chi connectivity index (χ3v) is 3.57. The topological polar surface area (TPSA) is 0 Å². The van der Waals surface area contributed by atoms with E-state index in [1.54, 1.807) is 5.57 Å². The largest absolute Gasteiger partial charge is 0.0998 e. The van der Waals surface area contributed by atoms with Crippen LogP contribution in [0.5, 0.6) is 0 Å². The minimum atomic E-state index is 0.737. The lowest BCUT2D eigenvalue weighted by Gasteiger charge is -2.32. The number of hydrogen-bond donors (Lipinski definition) is 0. The second-order valence-corrected chi connectivity index (χ2v) is 4.73. The highest BCUT2D eigenvalue weighted by Crippen LogP contribution is 2.39. The molecule has 2 atom stereocenters. The van der Waals surface area contributed by atoms with Gasteiger partial charge in [0.05, 0.1) is 0 Å². The van der Waals surface area contributed by atoms with E-state index < -0.39 is 0 Å². The van der Waals surface area contributed by atoms with Crippen molar-refractivity contribution in [2.24, 2.45) is 11.8 Å². The first kappa shape index (κ1) is 9.76. The predicted molar refractivity (Wildman–Crippen MR) is 62.1 cm³/mol. The summed E-state index contributed by atoms with van der Waals surface area (Å²) >= 11 is 0. The maximum absolute atomic E-state index is 4.13. The predicted octanol–water partition coefficient (Wildman–Crippen LogP) is 4.26. The Morgan fingerprint density at radius 2 is 2.29 bits per heavy atom. The van der Waals surface area contributed by atoms with Gasteiger partial charge in [0.25, 0.3) is 0 Å². The SMILES string of the molecule is C=C(C)[C@@H]1CC/C2=C/CC/C=C\[C@H]1C2. The number of fused-ring (bicyclic) bond motifs is 2. The molecule has 0 radical (unpaired) electrons. The first-order valence-corrected chi connectivity index (χ1v) is 5.77. The average molecular weight is 188 g/mol. The summed E-state index contributed by atoms with van der Waals surface area (Å²) in [5.74, 6) is 1.48. The normalized spacial score (nSPS) is 37.6. The highest BCUT2D eigenvalue weighted by atomic mass is 14.3. The first-order chi connectivity index (χ1) is 6.77. The van der Waals surface area contributed by atoms with Crippen molar-refractivity contribution in [3.05, 3.63) is 36.0 Å². The van der Waals surface area contributed by atoms with Crippen molar-refractivity contribution in [3.8, 4) is 0 Å². The minimum absolute atomic E-state index is 0.737. The molecule has 2 bridgehead atoms. The fourth-order valence-electron chi connectivity index (χ4n) is 2.76. The van der Waals surface area contributed by atoms with Crippen molar-refractivity contribution in [2.75, 3.05) is 0 Å². The summed E-state index contributed by atoms with van der Waals surface area (Å²) in [7, 11) is 0. The van der Waals surface area contributed by atoms with Crippen molar-refractivity contribution in [1.29, 1.82) is 0 Å². The van der Waals surface area contributed by atoms with E-state index in [2.05, 4.69) is 31.7 Å². The molecule has 14 heavy (non-hydrogen) atoms. The summed E-state index contributed by atoms with van der Waals surface area (Å²) in [6, 6.07) is 0. The van der Waals surface area contributed by atoms with Crippen LogP contribution in [0.3, 0.4) is 0 Å². The Kier molecular flexibility index (Phi) is 2.90. The van der Waals surface area contributed by atoms with Gasteiger partial charge in [0, 0.05) is 0 Å². The summed E-state index contributed by atoms with van der Waals surface area (Å²) in [6.45, 7) is 6.31. The number of rotatable bonds is 1. The van der Waals surface area contributed by atoms with E-state index in [4.69, 9.17) is 0 Å². The van der Waals surface area contributed by atoms with Crippen LogP contribution < -0.4 is 0 Å². The van der Waals surface area contributed by atoms with Gasteiger partial charge in [-0.2, -0.15) is 0 Å². The summed E-state index contributed by atoms with van der Waals surface area (Å²) in [6.07, 6.45) is 13.6. The zero-order valence-electron chi connectivity index (χ0n) is 9.13. The van der Waals surface area contributed by atoms with E-state index >= 15 is 0 Å². The Morgan fingerprint density at radius 1 is 1.43 bits per heavy atom. The third-order valence-electron chi connectivity index (χ3n) is 3.57. The van der Waals surface area contributed by atoms with E-state index in [1.807, 2.05) is 0 Å². The van der Waals surface area contributed by atoms with Crippen LogP contribution in [-0.4, -0.2) is 0 Å². The summed E-state index contributed by atoms with van der Waals surface area (Å²) in [5.41, 5.74) is 3.07. The molecule has 0 N–H and O–H groups in total. The molecule has 0 spiro atoms. The highest BCUT2D eigenvalue weighted by molar-refractivity contribution is 5.18. The molecule has 2 aliphatic carbocycles. The van der Waals surface area contributed by atoms with Crippen LogP contribution in [0, 0.1) is 11.8 Å². The molecule has 1 fully saturated rings. The second-order valence-electron chi connectivity index (χ2n) is 4.73. The number of allylic oxidation sites excluding steroid dienone is 5. The molecule has 0 aromatic heterocycles. The van der Waals surface area contributed by atoms with Gasteiger partial charge in [0.2, 0.25) is 0 Å². The smallest absolute Gasteiger partial charge is 0.0131 e. The lowest BCUT2D eigenvalue weighted by Crippen LogP contribution is -2.20. The van der Waals surface area contributed by atoms with Crippen LogP contribution in [0.1, 0.15) is 39.0 Å². The molecule has 0 aromatic carbocycles. The van der Waals surface area contributed by atoms with Gasteiger partial charge in [-0.25, -0.2) is 0 Å². The second kappa shape index (κ2) is 4.16. The van der Waals surface area contributed by atoms with Gasteiger partial charge in [-0.1, -0.05) is 36.0 Å². The third kappa shape index (κ3) is 2.00. The van der Waals surface area contributed by atoms with E-state index in [0.717, 1.165) is 11.8 Å². The lowest BCUT2D eigenvalue weighted by molar-refractivity contribution is 0.374. The van der Waals surface area contributed by atoms with E-state index in [0.29, 0.717) is 0 Å². The summed E-state index contributed by atoms with van der Waals surface area (Å²) < 4.78 is 0. The Hall–Kier alpha value is -0.780. The standard InChI is InChI=1S/C14H20/c1-11(2)14-9-8-12-6-4-3-5-7-13(14)10-12/h5-7,13-14H,1,3-4,8-10H2,2H3/b7-5-,12-6-/t13-,14-/m0/s1. The monoisotopic (exact) mass is 188 g/mol. The average Bonchev–Trinajstić information content (AvgIpc) is 2.14. The van der Waals surface area contributed by atoms with Crippen molar-refractivity contribution in [1.82, 2.24) is 0 Å². The molecule has 2 rings (SSSR count). The Bertz CT molecular complexity index is 280. The van der Waals surface area contributed by atoms with Gasteiger partial charge in [-0.05, 0) is 50.9 Å². The molecule has 0 amide bonds. The summed E-state index contributed by atoms with van der Waals surface area (Å²) in [4.78, 5) is 0. The van der Waals surface area contributed by atoms with Crippen LogP contribution in [0.25, 0.3) is 0 Å². The molecular weight excluding hydrogens is 168 g/mol. The van der Waals surface area contributed by atoms with Gasteiger partial charge in [-0.15, -0.1) is 0 Å². The molecule has 0 unspecified atom stereocenters. The summed E-state index contributed by atoms with van der Waals surface area (Å²) in [5, 5.41) is 0. The van der Waals surface area contributed by atoms with Crippen LogP contribution in [0.15, 0.2) is 36.0 Å². The van der Waals surface area contributed by atoms with Gasteiger partial charge < -0.3 is 0 Å². The zero-order valence-corrected chi connectivity index (χ0v) is 9.13. The first-order valence-electron chi connectivity index (χ1n) is 5.77. The van der Waals surface area contributed by atoms with Crippen LogP contribution in [0.4, 0.5) is 0 Å². The van der Waals surface area contributed by atoms with Gasteiger partial charge in [0.1, 0.15) is 0 Å². The van der Waals surface area contributed by atoms with Gasteiger partial charge >= 0.3 is 0 Å². The fourth-order valence-corrected chi connectivity index (χ4v) is 2.76. The molecule has 2 aliphatic rings. The molecule has 1 saturated carbocycles. The van der Waals surface area contributed by atoms with E-state index in [9.17, 15) is 0 Å². The molecule has 0 aromatic rings. The lowest BCUT2D eigenvalue weighted by atomic mass is 9.73. The van der Waals surface area contributed by atoms with Crippen molar-refractivity contribution < 1.29 is 0 Å². The van der Waals surface area contributed by atoms with Crippen molar-refractivity contribution in [2.45, 2.75) is 39.0 Å². The molecule has 0 heteroatoms. The Morgan fingerprint density at radius 3 is 3.07 bits per heavy atom. The molecular formula is C14H20. The molecule has 0 nitrogen and oxygen atoms in total. The Balaban J connectivity index is 2.17. The molecule has 0 heterocycles. The van der Waals surface area contributed by atoms with Crippen LogP contribution in [0.2, 0.25) is 0 Å². The molecule has 0 aliphatic heterocycles. The minimum Gasteiger partial charge on any atom is -0.0998 e. The zero-order chi connectivity index (χ0) is 9.97. The Labute approximate surface area is 87.4 Å². The molecule has 76 valence electrons.